The molecule has 1 fully saturated rings. The van der Waals surface area contributed by atoms with E-state index in [4.69, 9.17) is 4.74 Å². The molecule has 0 radical (unpaired) electrons. The lowest BCUT2D eigenvalue weighted by atomic mass is 9.82. The molecule has 5 nitrogen and oxygen atoms in total. The Balaban J connectivity index is 1.61. The Morgan fingerprint density at radius 2 is 2.15 bits per heavy atom. The van der Waals surface area contributed by atoms with Crippen LogP contribution in [0.15, 0.2) is 41.8 Å². The van der Waals surface area contributed by atoms with Crippen LogP contribution in [0.1, 0.15) is 53.9 Å². The molecule has 0 saturated carbocycles. The number of hydrogen-bond acceptors (Lipinski definition) is 4. The highest BCUT2D eigenvalue weighted by Gasteiger charge is 2.43. The number of carbonyl (C=O) groups is 2. The largest absolute Gasteiger partial charge is 0.487 e. The Hall–Kier alpha value is -2.34. The summed E-state index contributed by atoms with van der Waals surface area (Å²) < 4.78 is 6.46. The minimum absolute atomic E-state index is 0.0539. The maximum Gasteiger partial charge on any atom is 0.261 e. The number of para-hydroxylation sites is 1. The number of rotatable bonds is 3. The molecule has 0 aliphatic carbocycles. The molecule has 4 rings (SSSR count). The van der Waals surface area contributed by atoms with E-state index in [1.54, 1.807) is 0 Å². The number of nitrogens with one attached hydrogen (secondary N) is 1. The van der Waals surface area contributed by atoms with Crippen molar-refractivity contribution in [3.63, 3.8) is 0 Å². The third-order valence-corrected chi connectivity index (χ3v) is 6.48. The van der Waals surface area contributed by atoms with E-state index in [0.29, 0.717) is 30.7 Å². The lowest BCUT2D eigenvalue weighted by Crippen LogP contribution is -2.45. The molecule has 1 saturated heterocycles. The number of fused-ring (bicyclic) bond motifs is 1. The van der Waals surface area contributed by atoms with Crippen molar-refractivity contribution < 1.29 is 14.3 Å². The van der Waals surface area contributed by atoms with Crippen LogP contribution in [-0.4, -0.2) is 35.4 Å². The highest BCUT2D eigenvalue weighted by molar-refractivity contribution is 7.12. The number of likely N-dealkylation sites (tertiary alicyclic amines) is 1. The van der Waals surface area contributed by atoms with Crippen molar-refractivity contribution in [2.75, 3.05) is 13.1 Å². The van der Waals surface area contributed by atoms with Crippen LogP contribution < -0.4 is 10.1 Å². The summed E-state index contributed by atoms with van der Waals surface area (Å²) in [4.78, 5) is 27.6. The van der Waals surface area contributed by atoms with E-state index in [1.807, 2.05) is 53.6 Å². The van der Waals surface area contributed by atoms with Gasteiger partial charge < -0.3 is 15.0 Å². The van der Waals surface area contributed by atoms with Crippen LogP contribution in [0.2, 0.25) is 0 Å². The molecule has 0 bridgehead atoms. The third-order valence-electron chi connectivity index (χ3n) is 5.61. The first kappa shape index (κ1) is 18.0. The monoisotopic (exact) mass is 384 g/mol. The van der Waals surface area contributed by atoms with Crippen molar-refractivity contribution in [3.05, 3.63) is 52.2 Å². The minimum atomic E-state index is -0.415. The molecule has 1 spiro atoms. The number of nitrogens with zero attached hydrogens (tertiary/aromatic N) is 1. The standard InChI is InChI=1S/C21H24N2O3S/c1-2-23-12-11-21(10-9-19(23)24)14-16(15-6-3-4-7-17(15)26-21)22-20(25)18-8-5-13-27-18/h3-8,13,16H,2,9-12,14H2,1H3,(H,22,25)/t16-,21-/m0/s1. The van der Waals surface area contributed by atoms with Crippen molar-refractivity contribution in [2.45, 2.75) is 44.2 Å². The van der Waals surface area contributed by atoms with Gasteiger partial charge in [0.05, 0.1) is 10.9 Å². The minimum Gasteiger partial charge on any atom is -0.487 e. The van der Waals surface area contributed by atoms with Gasteiger partial charge in [-0.3, -0.25) is 9.59 Å². The van der Waals surface area contributed by atoms with Gasteiger partial charge >= 0.3 is 0 Å². The summed E-state index contributed by atoms with van der Waals surface area (Å²) in [6, 6.07) is 11.5. The van der Waals surface area contributed by atoms with Gasteiger partial charge in [0, 0.05) is 37.9 Å². The van der Waals surface area contributed by atoms with E-state index < -0.39 is 5.60 Å². The number of hydrogen-bond donors (Lipinski definition) is 1. The highest BCUT2D eigenvalue weighted by Crippen LogP contribution is 2.44. The predicted octanol–water partition coefficient (Wildman–Crippen LogP) is 3.77. The first-order valence-corrected chi connectivity index (χ1v) is 10.4. The molecular formula is C21H24N2O3S. The van der Waals surface area contributed by atoms with Crippen LogP contribution in [-0.2, 0) is 4.79 Å². The molecule has 3 heterocycles. The summed E-state index contributed by atoms with van der Waals surface area (Å²) >= 11 is 1.44. The average molecular weight is 385 g/mol. The molecule has 1 aromatic heterocycles. The van der Waals surface area contributed by atoms with E-state index in [2.05, 4.69) is 5.32 Å². The molecule has 1 aromatic carbocycles. The Morgan fingerprint density at radius 1 is 1.30 bits per heavy atom. The summed E-state index contributed by atoms with van der Waals surface area (Å²) in [5.41, 5.74) is 0.595. The second-order valence-electron chi connectivity index (χ2n) is 7.25. The number of amides is 2. The topological polar surface area (TPSA) is 58.6 Å². The van der Waals surface area contributed by atoms with Crippen LogP contribution in [0.25, 0.3) is 0 Å². The molecule has 142 valence electrons. The maximum atomic E-state index is 12.7. The molecule has 2 atom stereocenters. The van der Waals surface area contributed by atoms with Gasteiger partial charge in [-0.25, -0.2) is 0 Å². The van der Waals surface area contributed by atoms with Gasteiger partial charge in [-0.1, -0.05) is 24.3 Å². The molecule has 2 amide bonds. The zero-order valence-corrected chi connectivity index (χ0v) is 16.3. The van der Waals surface area contributed by atoms with Gasteiger partial charge in [-0.15, -0.1) is 11.3 Å². The number of ether oxygens (including phenoxy) is 1. The summed E-state index contributed by atoms with van der Waals surface area (Å²) in [6.45, 7) is 3.43. The molecular weight excluding hydrogens is 360 g/mol. The normalized spacial score (nSPS) is 24.9. The smallest absolute Gasteiger partial charge is 0.261 e. The van der Waals surface area contributed by atoms with Crippen LogP contribution >= 0.6 is 11.3 Å². The fourth-order valence-electron chi connectivity index (χ4n) is 4.11. The van der Waals surface area contributed by atoms with E-state index in [9.17, 15) is 9.59 Å². The second-order valence-corrected chi connectivity index (χ2v) is 8.20. The van der Waals surface area contributed by atoms with Crippen molar-refractivity contribution in [2.24, 2.45) is 0 Å². The Bertz CT molecular complexity index is 836. The molecule has 1 N–H and O–H groups in total. The third kappa shape index (κ3) is 3.58. The Kier molecular flexibility index (Phi) is 4.91. The second kappa shape index (κ2) is 7.35. The zero-order chi connectivity index (χ0) is 18.9. The van der Waals surface area contributed by atoms with Crippen LogP contribution in [0.3, 0.4) is 0 Å². The molecule has 2 aliphatic rings. The van der Waals surface area contributed by atoms with Crippen LogP contribution in [0.5, 0.6) is 5.75 Å². The van der Waals surface area contributed by atoms with Crippen LogP contribution in [0, 0.1) is 0 Å². The number of benzene rings is 1. The fraction of sp³-hybridized carbons (Fsp3) is 0.429. The molecule has 27 heavy (non-hydrogen) atoms. The maximum absolute atomic E-state index is 12.7. The number of carbonyl (C=O) groups excluding carboxylic acids is 2. The SMILES string of the molecule is CCN1CC[C@@]2(CCC1=O)C[C@H](NC(=O)c1cccs1)c1ccccc1O2. The van der Waals surface area contributed by atoms with Crippen molar-refractivity contribution in [1.82, 2.24) is 10.2 Å². The van der Waals surface area contributed by atoms with E-state index in [1.165, 1.54) is 11.3 Å². The van der Waals surface area contributed by atoms with Gasteiger partial charge in [-0.2, -0.15) is 0 Å². The van der Waals surface area contributed by atoms with E-state index in [-0.39, 0.29) is 17.9 Å². The van der Waals surface area contributed by atoms with Gasteiger partial charge in [0.25, 0.3) is 5.91 Å². The van der Waals surface area contributed by atoms with Gasteiger partial charge in [0.15, 0.2) is 0 Å². The van der Waals surface area contributed by atoms with Crippen molar-refractivity contribution in [1.29, 1.82) is 0 Å². The first-order valence-electron chi connectivity index (χ1n) is 9.50. The van der Waals surface area contributed by atoms with Crippen LogP contribution in [0.4, 0.5) is 0 Å². The zero-order valence-electron chi connectivity index (χ0n) is 15.4. The van der Waals surface area contributed by atoms with Gasteiger partial charge in [-0.05, 0) is 30.9 Å². The Morgan fingerprint density at radius 3 is 2.93 bits per heavy atom. The molecule has 0 unspecified atom stereocenters. The summed E-state index contributed by atoms with van der Waals surface area (Å²) in [7, 11) is 0. The number of thiophene rings is 1. The predicted molar refractivity (Wildman–Crippen MR) is 105 cm³/mol. The lowest BCUT2D eigenvalue weighted by Gasteiger charge is -2.42. The van der Waals surface area contributed by atoms with E-state index >= 15 is 0 Å². The fourth-order valence-corrected chi connectivity index (χ4v) is 4.73. The Labute approximate surface area is 163 Å². The summed E-state index contributed by atoms with van der Waals surface area (Å²) in [5.74, 6) is 0.954. The van der Waals surface area contributed by atoms with Gasteiger partial charge in [0.2, 0.25) is 5.91 Å². The summed E-state index contributed by atoms with van der Waals surface area (Å²) in [6.07, 6.45) is 2.64. The van der Waals surface area contributed by atoms with Crippen molar-refractivity contribution in [3.8, 4) is 5.75 Å². The summed E-state index contributed by atoms with van der Waals surface area (Å²) in [5, 5.41) is 5.11. The quantitative estimate of drug-likeness (QED) is 0.876. The van der Waals surface area contributed by atoms with Crippen molar-refractivity contribution >= 4 is 23.2 Å². The first-order chi connectivity index (χ1) is 13.1. The highest BCUT2D eigenvalue weighted by atomic mass is 32.1. The molecule has 2 aliphatic heterocycles. The molecule has 2 aromatic rings. The molecule has 6 heteroatoms. The van der Waals surface area contributed by atoms with E-state index in [0.717, 1.165) is 24.3 Å². The lowest BCUT2D eigenvalue weighted by molar-refractivity contribution is -0.130. The van der Waals surface area contributed by atoms with Gasteiger partial charge in [0.1, 0.15) is 11.4 Å². The average Bonchev–Trinajstić information content (AvgIpc) is 3.17.